The van der Waals surface area contributed by atoms with Crippen molar-refractivity contribution in [1.29, 1.82) is 0 Å². The number of benzene rings is 7. The van der Waals surface area contributed by atoms with Gasteiger partial charge in [0.05, 0.1) is 22.1 Å². The fourth-order valence-corrected chi connectivity index (χ4v) is 6.54. The summed E-state index contributed by atoms with van der Waals surface area (Å²) in [5.41, 5.74) is 5.93. The van der Waals surface area contributed by atoms with Crippen molar-refractivity contribution in [2.24, 2.45) is 0 Å². The Balaban J connectivity index is 1.46. The molecule has 0 aliphatic carbocycles. The minimum Gasteiger partial charge on any atom is -0.292 e. The molecule has 0 saturated carbocycles. The quantitative estimate of drug-likeness (QED) is 0.212. The molecule has 2 aromatic heterocycles. The zero-order chi connectivity index (χ0) is 26.9. The van der Waals surface area contributed by atoms with E-state index in [2.05, 4.69) is 114 Å². The van der Waals surface area contributed by atoms with Crippen LogP contribution in [0.1, 0.15) is 0 Å². The maximum atomic E-state index is 5.27. The normalized spacial score (nSPS) is 11.9. The van der Waals surface area contributed by atoms with E-state index in [4.69, 9.17) is 9.97 Å². The van der Waals surface area contributed by atoms with Gasteiger partial charge in [-0.1, -0.05) is 115 Å². The molecule has 41 heavy (non-hydrogen) atoms. The van der Waals surface area contributed by atoms with Gasteiger partial charge in [-0.25, -0.2) is 9.97 Å². The van der Waals surface area contributed by atoms with Crippen LogP contribution in [0.2, 0.25) is 0 Å². The molecule has 0 saturated heterocycles. The molecule has 3 nitrogen and oxygen atoms in total. The highest BCUT2D eigenvalue weighted by Crippen LogP contribution is 2.41. The maximum Gasteiger partial charge on any atom is 0.165 e. The minimum absolute atomic E-state index is 0.840. The monoisotopic (exact) mass is 521 g/mol. The van der Waals surface area contributed by atoms with Crippen LogP contribution in [0.5, 0.6) is 0 Å². The smallest absolute Gasteiger partial charge is 0.165 e. The topological polar surface area (TPSA) is 30.7 Å². The molecule has 0 unspecified atom stereocenters. The van der Waals surface area contributed by atoms with E-state index >= 15 is 0 Å². The van der Waals surface area contributed by atoms with E-state index in [9.17, 15) is 0 Å². The molecule has 9 aromatic rings. The third-order valence-electron chi connectivity index (χ3n) is 8.35. The molecule has 7 aromatic carbocycles. The summed E-state index contributed by atoms with van der Waals surface area (Å²) in [7, 11) is 0. The number of para-hydroxylation sites is 3. The Kier molecular flexibility index (Phi) is 4.61. The molecular weight excluding hydrogens is 498 g/mol. The summed E-state index contributed by atoms with van der Waals surface area (Å²) < 4.78 is 2.30. The number of hydrogen-bond acceptors (Lipinski definition) is 2. The molecule has 9 rings (SSSR count). The molecule has 3 heteroatoms. The van der Waals surface area contributed by atoms with E-state index in [0.29, 0.717) is 0 Å². The number of hydrogen-bond donors (Lipinski definition) is 0. The van der Waals surface area contributed by atoms with Gasteiger partial charge in [0.1, 0.15) is 5.69 Å². The van der Waals surface area contributed by atoms with Gasteiger partial charge in [0, 0.05) is 16.3 Å². The van der Waals surface area contributed by atoms with Gasteiger partial charge >= 0.3 is 0 Å². The van der Waals surface area contributed by atoms with Crippen molar-refractivity contribution in [2.45, 2.75) is 0 Å². The lowest BCUT2D eigenvalue weighted by Gasteiger charge is -2.14. The van der Waals surface area contributed by atoms with Crippen LogP contribution >= 0.6 is 0 Å². The Morgan fingerprint density at radius 1 is 0.390 bits per heavy atom. The number of nitrogens with zero attached hydrogens (tertiary/aromatic N) is 3. The minimum atomic E-state index is 0.840. The van der Waals surface area contributed by atoms with E-state index < -0.39 is 0 Å². The molecule has 0 N–H and O–H groups in total. The molecule has 0 aliphatic rings. The summed E-state index contributed by atoms with van der Waals surface area (Å²) in [6, 6.07) is 49.4. The van der Waals surface area contributed by atoms with Crippen LogP contribution in [0.3, 0.4) is 0 Å². The van der Waals surface area contributed by atoms with Gasteiger partial charge in [0.15, 0.2) is 5.82 Å². The van der Waals surface area contributed by atoms with Crippen molar-refractivity contribution >= 4 is 65.2 Å². The predicted molar refractivity (Wildman–Crippen MR) is 172 cm³/mol. The van der Waals surface area contributed by atoms with Gasteiger partial charge in [0.25, 0.3) is 0 Å². The van der Waals surface area contributed by atoms with Crippen molar-refractivity contribution in [2.75, 3.05) is 0 Å². The Morgan fingerprint density at radius 2 is 1.02 bits per heavy atom. The van der Waals surface area contributed by atoms with Gasteiger partial charge in [-0.05, 0) is 56.6 Å². The second-order valence-electron chi connectivity index (χ2n) is 10.6. The molecule has 0 radical (unpaired) electrons. The second-order valence-corrected chi connectivity index (χ2v) is 10.6. The lowest BCUT2D eigenvalue weighted by Crippen LogP contribution is -2.03. The Labute approximate surface area is 235 Å². The summed E-state index contributed by atoms with van der Waals surface area (Å²) in [6.07, 6.45) is 0. The first-order chi connectivity index (χ1) is 20.3. The van der Waals surface area contributed by atoms with E-state index in [1.807, 2.05) is 30.3 Å². The zero-order valence-corrected chi connectivity index (χ0v) is 22.1. The molecule has 2 heterocycles. The standard InChI is InChI=1S/C38H23N3/c1-2-11-26(12-3-1)37-38(40-32-16-8-7-15-31(32)39-37)41-33-17-9-6-14-30(33)36-29-21-20-25-19-18-24-10-4-5-13-27(24)35(25)28(29)22-23-34(36)41/h1-23H. The molecule has 190 valence electrons. The van der Waals surface area contributed by atoms with Crippen molar-refractivity contribution < 1.29 is 0 Å². The fraction of sp³-hybridized carbons (Fsp3) is 0. The largest absolute Gasteiger partial charge is 0.292 e. The SMILES string of the molecule is c1ccc(-c2nc3ccccc3nc2-n2c3ccccc3c3c4ccc5ccc6ccccc6c5c4ccc32)cc1. The van der Waals surface area contributed by atoms with Crippen LogP contribution in [-0.2, 0) is 0 Å². The van der Waals surface area contributed by atoms with Gasteiger partial charge in [-0.2, -0.15) is 0 Å². The molecule has 0 aliphatic heterocycles. The molecule has 0 fully saturated rings. The first kappa shape index (κ1) is 22.3. The van der Waals surface area contributed by atoms with Gasteiger partial charge in [-0.3, -0.25) is 4.57 Å². The number of aromatic nitrogens is 3. The van der Waals surface area contributed by atoms with Crippen molar-refractivity contribution in [3.63, 3.8) is 0 Å². The van der Waals surface area contributed by atoms with Crippen LogP contribution in [-0.4, -0.2) is 14.5 Å². The molecule has 0 spiro atoms. The maximum absolute atomic E-state index is 5.27. The molecule has 0 bridgehead atoms. The van der Waals surface area contributed by atoms with Crippen LogP contribution < -0.4 is 0 Å². The van der Waals surface area contributed by atoms with Gasteiger partial charge in [-0.15, -0.1) is 0 Å². The Morgan fingerprint density at radius 3 is 1.90 bits per heavy atom. The Hall–Kier alpha value is -5.54. The lowest BCUT2D eigenvalue weighted by molar-refractivity contribution is 1.08. The van der Waals surface area contributed by atoms with E-state index in [1.165, 1.54) is 43.1 Å². The third kappa shape index (κ3) is 3.20. The Bertz CT molecular complexity index is 2470. The first-order valence-corrected chi connectivity index (χ1v) is 13.9. The van der Waals surface area contributed by atoms with Crippen LogP contribution in [0.4, 0.5) is 0 Å². The second kappa shape index (κ2) is 8.48. The average molecular weight is 522 g/mol. The van der Waals surface area contributed by atoms with E-state index in [0.717, 1.165) is 39.1 Å². The van der Waals surface area contributed by atoms with Gasteiger partial charge in [0.2, 0.25) is 0 Å². The molecule has 0 atom stereocenters. The average Bonchev–Trinajstić information content (AvgIpc) is 3.38. The van der Waals surface area contributed by atoms with Crippen LogP contribution in [0.25, 0.3) is 82.2 Å². The van der Waals surface area contributed by atoms with Crippen molar-refractivity contribution in [1.82, 2.24) is 14.5 Å². The lowest BCUT2D eigenvalue weighted by atomic mass is 9.94. The van der Waals surface area contributed by atoms with Crippen LogP contribution in [0, 0.1) is 0 Å². The third-order valence-corrected chi connectivity index (χ3v) is 8.35. The molecular formula is C38H23N3. The number of rotatable bonds is 2. The zero-order valence-electron chi connectivity index (χ0n) is 22.1. The summed E-state index contributed by atoms with van der Waals surface area (Å²) in [5.74, 6) is 0.840. The molecule has 0 amide bonds. The highest BCUT2D eigenvalue weighted by atomic mass is 15.1. The van der Waals surface area contributed by atoms with Gasteiger partial charge < -0.3 is 0 Å². The summed E-state index contributed by atoms with van der Waals surface area (Å²) in [6.45, 7) is 0. The van der Waals surface area contributed by atoms with E-state index in [1.54, 1.807) is 0 Å². The predicted octanol–water partition coefficient (Wildman–Crippen LogP) is 9.85. The van der Waals surface area contributed by atoms with Crippen molar-refractivity contribution in [3.05, 3.63) is 140 Å². The van der Waals surface area contributed by atoms with E-state index in [-0.39, 0.29) is 0 Å². The highest BCUT2D eigenvalue weighted by Gasteiger charge is 2.20. The fourth-order valence-electron chi connectivity index (χ4n) is 6.54. The summed E-state index contributed by atoms with van der Waals surface area (Å²) >= 11 is 0. The van der Waals surface area contributed by atoms with Crippen LogP contribution in [0.15, 0.2) is 140 Å². The first-order valence-electron chi connectivity index (χ1n) is 13.9. The summed E-state index contributed by atoms with van der Waals surface area (Å²) in [4.78, 5) is 10.4. The highest BCUT2D eigenvalue weighted by molar-refractivity contribution is 6.29. The van der Waals surface area contributed by atoms with Crippen molar-refractivity contribution in [3.8, 4) is 17.1 Å². The number of fused-ring (bicyclic) bond motifs is 10. The summed E-state index contributed by atoms with van der Waals surface area (Å²) in [5, 5.41) is 10.1.